The average molecular weight is 352 g/mol. The highest BCUT2D eigenvalue weighted by Crippen LogP contribution is 2.38. The molecular formula is C20H24N4O2. The number of benzene rings is 1. The first-order valence-electron chi connectivity index (χ1n) is 9.05. The number of carbonyl (C=O) groups excluding carboxylic acids is 1. The number of aryl methyl sites for hydroxylation is 2. The zero-order valence-electron chi connectivity index (χ0n) is 15.7. The molecule has 2 heterocycles. The maximum atomic E-state index is 12.8. The number of amides is 1. The van der Waals surface area contributed by atoms with Crippen molar-refractivity contribution in [1.82, 2.24) is 14.7 Å². The van der Waals surface area contributed by atoms with Gasteiger partial charge in [0.25, 0.3) is 5.91 Å². The Morgan fingerprint density at radius 2 is 2.08 bits per heavy atom. The van der Waals surface area contributed by atoms with Crippen LogP contribution in [0.4, 0.5) is 5.95 Å². The fourth-order valence-electron chi connectivity index (χ4n) is 3.74. The van der Waals surface area contributed by atoms with Gasteiger partial charge in [-0.15, -0.1) is 0 Å². The second-order valence-corrected chi connectivity index (χ2v) is 8.18. The molecule has 6 heteroatoms. The van der Waals surface area contributed by atoms with Crippen LogP contribution in [-0.2, 0) is 19.9 Å². The average Bonchev–Trinajstić information content (AvgIpc) is 3.16. The summed E-state index contributed by atoms with van der Waals surface area (Å²) in [5, 5.41) is 6.97. The van der Waals surface area contributed by atoms with E-state index >= 15 is 0 Å². The Morgan fingerprint density at radius 1 is 1.31 bits per heavy atom. The van der Waals surface area contributed by atoms with Gasteiger partial charge in [-0.1, -0.05) is 38.1 Å². The number of aromatic nitrogens is 3. The molecular weight excluding hydrogens is 328 g/mol. The summed E-state index contributed by atoms with van der Waals surface area (Å²) in [6.07, 6.45) is 2.73. The van der Waals surface area contributed by atoms with Gasteiger partial charge in [-0.05, 0) is 36.3 Å². The summed E-state index contributed by atoms with van der Waals surface area (Å²) in [6, 6.07) is 7.79. The van der Waals surface area contributed by atoms with E-state index < -0.39 is 0 Å². The topological polar surface area (TPSA) is 73.0 Å². The lowest BCUT2D eigenvalue weighted by molar-refractivity contribution is 0.101. The van der Waals surface area contributed by atoms with E-state index in [0.29, 0.717) is 17.6 Å². The number of carbonyl (C=O) groups is 1. The second-order valence-electron chi connectivity index (χ2n) is 8.18. The Labute approximate surface area is 152 Å². The Balaban J connectivity index is 1.62. The van der Waals surface area contributed by atoms with Gasteiger partial charge in [-0.25, -0.2) is 4.98 Å². The number of imidazole rings is 1. The lowest BCUT2D eigenvalue weighted by Crippen LogP contribution is -2.28. The van der Waals surface area contributed by atoms with Crippen LogP contribution < -0.4 is 5.32 Å². The summed E-state index contributed by atoms with van der Waals surface area (Å²) in [6.45, 7) is 6.74. The van der Waals surface area contributed by atoms with E-state index in [1.807, 2.05) is 35.9 Å². The molecule has 0 fully saturated rings. The number of hydrogen-bond acceptors (Lipinski definition) is 4. The van der Waals surface area contributed by atoms with Crippen molar-refractivity contribution < 1.29 is 9.32 Å². The highest BCUT2D eigenvalue weighted by Gasteiger charge is 2.34. The highest BCUT2D eigenvalue weighted by atomic mass is 16.5. The summed E-state index contributed by atoms with van der Waals surface area (Å²) < 4.78 is 7.33. The Hall–Kier alpha value is -2.63. The van der Waals surface area contributed by atoms with Gasteiger partial charge in [-0.2, -0.15) is 0 Å². The van der Waals surface area contributed by atoms with Gasteiger partial charge in [0.05, 0.1) is 11.0 Å². The van der Waals surface area contributed by atoms with Gasteiger partial charge in [0.2, 0.25) is 5.95 Å². The second kappa shape index (κ2) is 5.97. The SMILES string of the molecule is Cn1c(NC(=O)c2noc3c2CC(C(C)(C)C)CC3)nc2ccccc21. The molecule has 0 radical (unpaired) electrons. The standard InChI is InChI=1S/C20H24N4O2/c1-20(2,3)12-9-10-16-13(11-12)17(23-26-16)18(25)22-19-21-14-7-5-6-8-15(14)24(19)4/h5-8,12H,9-11H2,1-4H3,(H,21,22,25). The van der Waals surface area contributed by atoms with Crippen LogP contribution >= 0.6 is 0 Å². The van der Waals surface area contributed by atoms with E-state index in [0.717, 1.165) is 41.6 Å². The van der Waals surface area contributed by atoms with Crippen LogP contribution in [0.5, 0.6) is 0 Å². The summed E-state index contributed by atoms with van der Waals surface area (Å²) >= 11 is 0. The maximum absolute atomic E-state index is 12.8. The van der Waals surface area contributed by atoms with Gasteiger partial charge in [0, 0.05) is 19.0 Å². The van der Waals surface area contributed by atoms with E-state index in [1.54, 1.807) is 0 Å². The third-order valence-electron chi connectivity index (χ3n) is 5.49. The molecule has 1 amide bonds. The minimum absolute atomic E-state index is 0.195. The monoisotopic (exact) mass is 352 g/mol. The van der Waals surface area contributed by atoms with Crippen LogP contribution in [0.3, 0.4) is 0 Å². The number of para-hydroxylation sites is 2. The van der Waals surface area contributed by atoms with Crippen molar-refractivity contribution in [1.29, 1.82) is 0 Å². The number of anilines is 1. The van der Waals surface area contributed by atoms with Crippen molar-refractivity contribution in [2.45, 2.75) is 40.0 Å². The number of nitrogens with zero attached hydrogens (tertiary/aromatic N) is 3. The lowest BCUT2D eigenvalue weighted by Gasteiger charge is -2.33. The minimum Gasteiger partial charge on any atom is -0.360 e. The predicted molar refractivity (Wildman–Crippen MR) is 100 cm³/mol. The Morgan fingerprint density at radius 3 is 2.81 bits per heavy atom. The molecule has 1 aliphatic carbocycles. The van der Waals surface area contributed by atoms with E-state index in [-0.39, 0.29) is 11.3 Å². The first-order chi connectivity index (χ1) is 12.3. The summed E-state index contributed by atoms with van der Waals surface area (Å²) in [5.74, 6) is 1.61. The summed E-state index contributed by atoms with van der Waals surface area (Å²) in [4.78, 5) is 17.3. The van der Waals surface area contributed by atoms with Crippen LogP contribution in [0.25, 0.3) is 11.0 Å². The quantitative estimate of drug-likeness (QED) is 0.757. The predicted octanol–water partition coefficient (Wildman–Crippen LogP) is 3.96. The molecule has 4 rings (SSSR count). The molecule has 2 aromatic heterocycles. The third-order valence-corrected chi connectivity index (χ3v) is 5.49. The Kier molecular flexibility index (Phi) is 3.86. The molecule has 0 saturated carbocycles. The van der Waals surface area contributed by atoms with Gasteiger partial charge < -0.3 is 9.09 Å². The van der Waals surface area contributed by atoms with Crippen LogP contribution in [-0.4, -0.2) is 20.6 Å². The van der Waals surface area contributed by atoms with Crippen molar-refractivity contribution in [3.8, 4) is 0 Å². The Bertz CT molecular complexity index is 978. The van der Waals surface area contributed by atoms with Gasteiger partial charge in [0.1, 0.15) is 5.76 Å². The lowest BCUT2D eigenvalue weighted by atomic mass is 9.71. The van der Waals surface area contributed by atoms with Crippen LogP contribution in [0.15, 0.2) is 28.8 Å². The molecule has 6 nitrogen and oxygen atoms in total. The third kappa shape index (κ3) is 2.79. The van der Waals surface area contributed by atoms with E-state index in [9.17, 15) is 4.79 Å². The number of nitrogens with one attached hydrogen (secondary N) is 1. The van der Waals surface area contributed by atoms with Crippen LogP contribution in [0.1, 0.15) is 49.0 Å². The molecule has 26 heavy (non-hydrogen) atoms. The van der Waals surface area contributed by atoms with Crippen molar-refractivity contribution in [3.63, 3.8) is 0 Å². The van der Waals surface area contributed by atoms with Crippen molar-refractivity contribution >= 4 is 22.9 Å². The molecule has 3 aromatic rings. The van der Waals surface area contributed by atoms with E-state index in [4.69, 9.17) is 4.52 Å². The molecule has 136 valence electrons. The largest absolute Gasteiger partial charge is 0.360 e. The number of rotatable bonds is 2. The van der Waals surface area contributed by atoms with Crippen molar-refractivity contribution in [2.24, 2.45) is 18.4 Å². The fraction of sp³-hybridized carbons (Fsp3) is 0.450. The van der Waals surface area contributed by atoms with Gasteiger partial charge in [0.15, 0.2) is 5.69 Å². The first kappa shape index (κ1) is 16.8. The van der Waals surface area contributed by atoms with Gasteiger partial charge >= 0.3 is 0 Å². The molecule has 0 bridgehead atoms. The smallest absolute Gasteiger partial charge is 0.280 e. The molecule has 1 aliphatic rings. The van der Waals surface area contributed by atoms with Crippen molar-refractivity contribution in [3.05, 3.63) is 41.3 Å². The molecule has 1 aromatic carbocycles. The fourth-order valence-corrected chi connectivity index (χ4v) is 3.74. The number of fused-ring (bicyclic) bond motifs is 2. The van der Waals surface area contributed by atoms with Gasteiger partial charge in [-0.3, -0.25) is 10.1 Å². The molecule has 1 unspecified atom stereocenters. The molecule has 0 spiro atoms. The summed E-state index contributed by atoms with van der Waals surface area (Å²) in [7, 11) is 1.89. The van der Waals surface area contributed by atoms with E-state index in [2.05, 4.69) is 36.2 Å². The highest BCUT2D eigenvalue weighted by molar-refractivity contribution is 6.03. The zero-order chi connectivity index (χ0) is 18.5. The maximum Gasteiger partial charge on any atom is 0.280 e. The molecule has 0 saturated heterocycles. The molecule has 0 aliphatic heterocycles. The minimum atomic E-state index is -0.261. The number of hydrogen-bond donors (Lipinski definition) is 1. The molecule has 1 N–H and O–H groups in total. The summed E-state index contributed by atoms with van der Waals surface area (Å²) in [5.41, 5.74) is 3.35. The normalized spacial score (nSPS) is 17.3. The van der Waals surface area contributed by atoms with Crippen LogP contribution in [0.2, 0.25) is 0 Å². The van der Waals surface area contributed by atoms with E-state index in [1.165, 1.54) is 0 Å². The zero-order valence-corrected chi connectivity index (χ0v) is 15.7. The van der Waals surface area contributed by atoms with Crippen molar-refractivity contribution in [2.75, 3.05) is 5.32 Å². The first-order valence-corrected chi connectivity index (χ1v) is 9.05. The molecule has 1 atom stereocenters. The van der Waals surface area contributed by atoms with Crippen LogP contribution in [0, 0.1) is 11.3 Å².